The third kappa shape index (κ3) is 6.15. The molecule has 0 aromatic heterocycles. The van der Waals surface area contributed by atoms with Crippen LogP contribution in [0.3, 0.4) is 0 Å². The lowest BCUT2D eigenvalue weighted by Gasteiger charge is -2.21. The molecule has 0 fully saturated rings. The van der Waals surface area contributed by atoms with Gasteiger partial charge in [-0.25, -0.2) is 9.38 Å². The van der Waals surface area contributed by atoms with Gasteiger partial charge in [0.15, 0.2) is 5.96 Å². The Labute approximate surface area is 182 Å². The summed E-state index contributed by atoms with van der Waals surface area (Å²) in [5.74, 6) is 1.23. The highest BCUT2D eigenvalue weighted by atomic mass is 127. The van der Waals surface area contributed by atoms with Crippen LogP contribution in [0.25, 0.3) is 0 Å². The molecule has 0 aliphatic rings. The predicted octanol–water partition coefficient (Wildman–Crippen LogP) is 4.23. The standard InChI is InChI=1S/C20H27FN4O2.HI/c1-5-25(6-2)18-9-7-14(11-16(18)21)13-23-20(22)24-17-12-15(26-3)8-10-19(17)27-4;/h7-12H,5-6,13H2,1-4H3,(H3,22,23,24);1H. The number of ether oxygens (including phenoxy) is 2. The van der Waals surface area contributed by atoms with Crippen LogP contribution < -0.4 is 25.4 Å². The van der Waals surface area contributed by atoms with Crippen LogP contribution >= 0.6 is 24.0 Å². The molecule has 0 saturated heterocycles. The van der Waals surface area contributed by atoms with Crippen LogP contribution in [0.1, 0.15) is 19.4 Å². The number of methoxy groups -OCH3 is 2. The van der Waals surface area contributed by atoms with Crippen molar-refractivity contribution >= 4 is 41.3 Å². The van der Waals surface area contributed by atoms with Gasteiger partial charge in [0.1, 0.15) is 17.3 Å². The molecule has 0 unspecified atom stereocenters. The van der Waals surface area contributed by atoms with Crippen molar-refractivity contribution in [1.82, 2.24) is 0 Å². The minimum Gasteiger partial charge on any atom is -0.497 e. The van der Waals surface area contributed by atoms with E-state index in [4.69, 9.17) is 15.2 Å². The first kappa shape index (κ1) is 23.8. The summed E-state index contributed by atoms with van der Waals surface area (Å²) in [5, 5.41) is 2.99. The predicted molar refractivity (Wildman–Crippen MR) is 124 cm³/mol. The second-order valence-electron chi connectivity index (χ2n) is 5.85. The third-order valence-electron chi connectivity index (χ3n) is 4.22. The van der Waals surface area contributed by atoms with Crippen LogP contribution in [0.15, 0.2) is 41.4 Å². The van der Waals surface area contributed by atoms with Gasteiger partial charge in [0.25, 0.3) is 0 Å². The lowest BCUT2D eigenvalue weighted by molar-refractivity contribution is 0.405. The van der Waals surface area contributed by atoms with Gasteiger partial charge in [0, 0.05) is 19.2 Å². The molecule has 2 rings (SSSR count). The molecule has 0 heterocycles. The van der Waals surface area contributed by atoms with Gasteiger partial charge in [-0.2, -0.15) is 0 Å². The Morgan fingerprint density at radius 2 is 1.82 bits per heavy atom. The fourth-order valence-electron chi connectivity index (χ4n) is 2.74. The van der Waals surface area contributed by atoms with E-state index < -0.39 is 0 Å². The van der Waals surface area contributed by atoms with Crippen molar-refractivity contribution in [2.45, 2.75) is 20.4 Å². The van der Waals surface area contributed by atoms with E-state index >= 15 is 0 Å². The average Bonchev–Trinajstić information content (AvgIpc) is 2.68. The summed E-state index contributed by atoms with van der Waals surface area (Å²) in [6.45, 7) is 5.77. The Balaban J connectivity index is 0.00000392. The third-order valence-corrected chi connectivity index (χ3v) is 4.22. The normalized spacial score (nSPS) is 10.8. The highest BCUT2D eigenvalue weighted by molar-refractivity contribution is 14.0. The van der Waals surface area contributed by atoms with E-state index in [0.717, 1.165) is 18.7 Å². The van der Waals surface area contributed by atoms with E-state index in [-0.39, 0.29) is 42.3 Å². The van der Waals surface area contributed by atoms with Crippen LogP contribution in [0.5, 0.6) is 11.5 Å². The molecule has 0 radical (unpaired) electrons. The molecule has 0 atom stereocenters. The largest absolute Gasteiger partial charge is 0.497 e. The molecule has 0 aliphatic carbocycles. The Morgan fingerprint density at radius 1 is 1.11 bits per heavy atom. The van der Waals surface area contributed by atoms with Crippen molar-refractivity contribution in [3.8, 4) is 11.5 Å². The quantitative estimate of drug-likeness (QED) is 0.321. The molecule has 28 heavy (non-hydrogen) atoms. The monoisotopic (exact) mass is 502 g/mol. The molecular weight excluding hydrogens is 474 g/mol. The fourth-order valence-corrected chi connectivity index (χ4v) is 2.74. The smallest absolute Gasteiger partial charge is 0.193 e. The summed E-state index contributed by atoms with van der Waals surface area (Å²) in [5.41, 5.74) is 7.95. The van der Waals surface area contributed by atoms with E-state index in [0.29, 0.717) is 22.9 Å². The van der Waals surface area contributed by atoms with Crippen molar-refractivity contribution < 1.29 is 13.9 Å². The van der Waals surface area contributed by atoms with E-state index in [1.165, 1.54) is 6.07 Å². The number of hydrogen-bond acceptors (Lipinski definition) is 4. The number of anilines is 2. The van der Waals surface area contributed by atoms with Crippen molar-refractivity contribution in [3.63, 3.8) is 0 Å². The topological polar surface area (TPSA) is 72.1 Å². The second kappa shape index (κ2) is 11.6. The van der Waals surface area contributed by atoms with Crippen LogP contribution in [0.4, 0.5) is 15.8 Å². The summed E-state index contributed by atoms with van der Waals surface area (Å²) in [6.07, 6.45) is 0. The minimum absolute atomic E-state index is 0. The van der Waals surface area contributed by atoms with Gasteiger partial charge in [-0.15, -0.1) is 24.0 Å². The summed E-state index contributed by atoms with van der Waals surface area (Å²) in [4.78, 5) is 6.25. The molecule has 0 aliphatic heterocycles. The van der Waals surface area contributed by atoms with Gasteiger partial charge in [-0.3, -0.25) is 0 Å². The van der Waals surface area contributed by atoms with Gasteiger partial charge in [-0.05, 0) is 43.7 Å². The maximum atomic E-state index is 14.4. The second-order valence-corrected chi connectivity index (χ2v) is 5.85. The lowest BCUT2D eigenvalue weighted by Crippen LogP contribution is -2.23. The number of aliphatic imine (C=N–C) groups is 1. The van der Waals surface area contributed by atoms with E-state index in [2.05, 4.69) is 10.3 Å². The first-order valence-corrected chi connectivity index (χ1v) is 8.84. The number of benzene rings is 2. The zero-order valence-electron chi connectivity index (χ0n) is 16.7. The molecule has 6 nitrogen and oxygen atoms in total. The van der Waals surface area contributed by atoms with Crippen LogP contribution in [0.2, 0.25) is 0 Å². The molecule has 0 bridgehead atoms. The van der Waals surface area contributed by atoms with Gasteiger partial charge >= 0.3 is 0 Å². The molecule has 8 heteroatoms. The summed E-state index contributed by atoms with van der Waals surface area (Å²) < 4.78 is 24.9. The molecule has 2 aromatic rings. The van der Waals surface area contributed by atoms with Gasteiger partial charge in [0.2, 0.25) is 0 Å². The molecule has 0 amide bonds. The minimum atomic E-state index is -0.257. The maximum Gasteiger partial charge on any atom is 0.193 e. The number of hydrogen-bond donors (Lipinski definition) is 2. The summed E-state index contributed by atoms with van der Waals surface area (Å²) in [7, 11) is 3.15. The molecule has 0 spiro atoms. The Morgan fingerprint density at radius 3 is 2.39 bits per heavy atom. The number of guanidine groups is 1. The average molecular weight is 502 g/mol. The Bertz CT molecular complexity index is 798. The van der Waals surface area contributed by atoms with Gasteiger partial charge < -0.3 is 25.4 Å². The highest BCUT2D eigenvalue weighted by Gasteiger charge is 2.09. The number of nitrogens with one attached hydrogen (secondary N) is 1. The first-order chi connectivity index (χ1) is 13.0. The number of halogens is 2. The molecule has 154 valence electrons. The summed E-state index contributed by atoms with van der Waals surface area (Å²) >= 11 is 0. The van der Waals surface area contributed by atoms with E-state index in [9.17, 15) is 4.39 Å². The highest BCUT2D eigenvalue weighted by Crippen LogP contribution is 2.28. The van der Waals surface area contributed by atoms with Gasteiger partial charge in [-0.1, -0.05) is 6.07 Å². The van der Waals surface area contributed by atoms with Crippen LogP contribution in [-0.4, -0.2) is 33.3 Å². The maximum absolute atomic E-state index is 14.4. The van der Waals surface area contributed by atoms with Crippen molar-refractivity contribution in [3.05, 3.63) is 47.8 Å². The van der Waals surface area contributed by atoms with Crippen molar-refractivity contribution in [2.75, 3.05) is 37.5 Å². The fraction of sp³-hybridized carbons (Fsp3) is 0.350. The SMILES string of the molecule is CCN(CC)c1ccc(CN=C(N)Nc2cc(OC)ccc2OC)cc1F.I. The number of rotatable bonds is 8. The Hall–Kier alpha value is -2.23. The molecule has 0 saturated carbocycles. The number of nitrogens with two attached hydrogens (primary N) is 1. The molecule has 2 aromatic carbocycles. The lowest BCUT2D eigenvalue weighted by atomic mass is 10.2. The zero-order chi connectivity index (χ0) is 19.8. The van der Waals surface area contributed by atoms with Gasteiger partial charge in [0.05, 0.1) is 32.1 Å². The van der Waals surface area contributed by atoms with E-state index in [1.54, 1.807) is 38.5 Å². The first-order valence-electron chi connectivity index (χ1n) is 8.84. The van der Waals surface area contributed by atoms with E-state index in [1.807, 2.05) is 24.8 Å². The summed E-state index contributed by atoms with van der Waals surface area (Å²) in [6, 6.07) is 10.5. The Kier molecular flexibility index (Phi) is 9.84. The van der Waals surface area contributed by atoms with Crippen LogP contribution in [0, 0.1) is 5.82 Å². The van der Waals surface area contributed by atoms with Crippen molar-refractivity contribution in [1.29, 1.82) is 0 Å². The van der Waals surface area contributed by atoms with Crippen molar-refractivity contribution in [2.24, 2.45) is 10.7 Å². The van der Waals surface area contributed by atoms with Crippen LogP contribution in [-0.2, 0) is 6.54 Å². The number of nitrogens with zero attached hydrogens (tertiary/aromatic N) is 2. The molecule has 3 N–H and O–H groups in total. The molecular formula is C20H28FIN4O2. The zero-order valence-corrected chi connectivity index (χ0v) is 19.0.